The highest BCUT2D eigenvalue weighted by atomic mass is 32.2. The third-order valence-electron chi connectivity index (χ3n) is 2.34. The Kier molecular flexibility index (Phi) is 6.86. The Morgan fingerprint density at radius 2 is 2.00 bits per heavy atom. The van der Waals surface area contributed by atoms with Crippen molar-refractivity contribution in [2.45, 2.75) is 50.6 Å². The number of nitrogens with one attached hydrogen (secondary N) is 1. The molecule has 2 atom stereocenters. The van der Waals surface area contributed by atoms with Crippen LogP contribution in [0.3, 0.4) is 0 Å². The van der Waals surface area contributed by atoms with Crippen molar-refractivity contribution in [2.24, 2.45) is 0 Å². The van der Waals surface area contributed by atoms with Crippen LogP contribution in [0.15, 0.2) is 5.16 Å². The standard InChI is InChI=1S/C12H22N4O2S/c1-5-7-18-11-14-10(13-6-2)15-12(16-11)19-9(4)8(3)17/h8-9,17H,5-7H2,1-4H3,(H,13,14,15,16). The van der Waals surface area contributed by atoms with Gasteiger partial charge in [0.15, 0.2) is 5.16 Å². The number of hydrogen-bond donors (Lipinski definition) is 2. The number of hydrogen-bond acceptors (Lipinski definition) is 7. The Hall–Kier alpha value is -1.08. The van der Waals surface area contributed by atoms with Gasteiger partial charge in [0.2, 0.25) is 5.95 Å². The van der Waals surface area contributed by atoms with Crippen molar-refractivity contribution >= 4 is 17.7 Å². The van der Waals surface area contributed by atoms with E-state index in [-0.39, 0.29) is 5.25 Å². The zero-order chi connectivity index (χ0) is 14.3. The maximum atomic E-state index is 9.53. The second-order valence-electron chi connectivity index (χ2n) is 4.17. The lowest BCUT2D eigenvalue weighted by atomic mass is 10.3. The summed E-state index contributed by atoms with van der Waals surface area (Å²) in [5, 5.41) is 13.1. The van der Waals surface area contributed by atoms with Crippen LogP contribution in [0.1, 0.15) is 34.1 Å². The number of ether oxygens (including phenoxy) is 1. The van der Waals surface area contributed by atoms with Crippen molar-refractivity contribution in [1.29, 1.82) is 0 Å². The predicted octanol–water partition coefficient (Wildman–Crippen LogP) is 1.95. The van der Waals surface area contributed by atoms with Gasteiger partial charge in [-0.15, -0.1) is 0 Å². The number of thioether (sulfide) groups is 1. The van der Waals surface area contributed by atoms with Crippen LogP contribution in [-0.2, 0) is 0 Å². The number of aliphatic hydroxyl groups excluding tert-OH is 1. The molecule has 0 aromatic carbocycles. The van der Waals surface area contributed by atoms with Crippen LogP contribution in [0.25, 0.3) is 0 Å². The van der Waals surface area contributed by atoms with Crippen molar-refractivity contribution < 1.29 is 9.84 Å². The van der Waals surface area contributed by atoms with Crippen molar-refractivity contribution in [2.75, 3.05) is 18.5 Å². The van der Waals surface area contributed by atoms with E-state index in [9.17, 15) is 5.11 Å². The molecule has 0 amide bonds. The monoisotopic (exact) mass is 286 g/mol. The summed E-state index contributed by atoms with van der Waals surface area (Å²) in [6.45, 7) is 8.98. The van der Waals surface area contributed by atoms with Gasteiger partial charge in [-0.1, -0.05) is 25.6 Å². The Morgan fingerprint density at radius 3 is 2.58 bits per heavy atom. The molecular formula is C12H22N4O2S. The van der Waals surface area contributed by atoms with Crippen LogP contribution in [0, 0.1) is 0 Å². The molecule has 6 nitrogen and oxygen atoms in total. The molecule has 0 bridgehead atoms. The summed E-state index contributed by atoms with van der Waals surface area (Å²) in [7, 11) is 0. The zero-order valence-electron chi connectivity index (χ0n) is 11.9. The van der Waals surface area contributed by atoms with Gasteiger partial charge in [0, 0.05) is 11.8 Å². The van der Waals surface area contributed by atoms with Crippen LogP contribution in [0.5, 0.6) is 6.01 Å². The van der Waals surface area contributed by atoms with Gasteiger partial charge in [0.25, 0.3) is 0 Å². The third kappa shape index (κ3) is 5.61. The summed E-state index contributed by atoms with van der Waals surface area (Å²) in [5.74, 6) is 0.504. The summed E-state index contributed by atoms with van der Waals surface area (Å²) in [5.41, 5.74) is 0. The molecule has 0 radical (unpaired) electrons. The third-order valence-corrected chi connectivity index (χ3v) is 3.49. The molecule has 0 fully saturated rings. The van der Waals surface area contributed by atoms with Crippen molar-refractivity contribution in [3.63, 3.8) is 0 Å². The first kappa shape index (κ1) is 16.0. The summed E-state index contributed by atoms with van der Waals surface area (Å²) in [4.78, 5) is 12.7. The molecule has 1 aromatic heterocycles. The van der Waals surface area contributed by atoms with E-state index >= 15 is 0 Å². The molecule has 0 saturated carbocycles. The Balaban J connectivity index is 2.85. The maximum absolute atomic E-state index is 9.53. The molecule has 0 aliphatic rings. The largest absolute Gasteiger partial charge is 0.463 e. The van der Waals surface area contributed by atoms with E-state index in [1.165, 1.54) is 11.8 Å². The van der Waals surface area contributed by atoms with Gasteiger partial charge in [-0.3, -0.25) is 0 Å². The highest BCUT2D eigenvalue weighted by molar-refractivity contribution is 7.99. The van der Waals surface area contributed by atoms with E-state index < -0.39 is 6.10 Å². The van der Waals surface area contributed by atoms with Gasteiger partial charge >= 0.3 is 6.01 Å². The van der Waals surface area contributed by atoms with Crippen molar-refractivity contribution in [1.82, 2.24) is 15.0 Å². The summed E-state index contributed by atoms with van der Waals surface area (Å²) < 4.78 is 5.45. The first-order valence-electron chi connectivity index (χ1n) is 6.54. The average molecular weight is 286 g/mol. The fourth-order valence-corrected chi connectivity index (χ4v) is 1.95. The van der Waals surface area contributed by atoms with Crippen LogP contribution in [0.4, 0.5) is 5.95 Å². The molecule has 1 heterocycles. The normalized spacial score (nSPS) is 13.9. The second-order valence-corrected chi connectivity index (χ2v) is 5.51. The molecule has 0 saturated heterocycles. The van der Waals surface area contributed by atoms with E-state index in [2.05, 4.69) is 20.3 Å². The second kappa shape index (κ2) is 8.16. The quantitative estimate of drug-likeness (QED) is 0.707. The van der Waals surface area contributed by atoms with E-state index in [4.69, 9.17) is 4.74 Å². The fourth-order valence-electron chi connectivity index (χ4n) is 1.15. The molecule has 2 unspecified atom stereocenters. The topological polar surface area (TPSA) is 80.2 Å². The van der Waals surface area contributed by atoms with Gasteiger partial charge in [0.05, 0.1) is 12.7 Å². The highest BCUT2D eigenvalue weighted by Crippen LogP contribution is 2.24. The van der Waals surface area contributed by atoms with E-state index in [0.717, 1.165) is 13.0 Å². The van der Waals surface area contributed by atoms with Crippen LogP contribution >= 0.6 is 11.8 Å². The smallest absolute Gasteiger partial charge is 0.322 e. The van der Waals surface area contributed by atoms with E-state index in [1.807, 2.05) is 20.8 Å². The molecule has 1 rings (SSSR count). The molecule has 0 spiro atoms. The lowest BCUT2D eigenvalue weighted by Crippen LogP contribution is -2.16. The molecule has 0 aliphatic carbocycles. The van der Waals surface area contributed by atoms with Gasteiger partial charge in [-0.05, 0) is 20.3 Å². The van der Waals surface area contributed by atoms with E-state index in [0.29, 0.717) is 23.7 Å². The van der Waals surface area contributed by atoms with Crippen LogP contribution in [0.2, 0.25) is 0 Å². The number of nitrogens with zero attached hydrogens (tertiary/aromatic N) is 3. The Labute approximate surface area is 118 Å². The highest BCUT2D eigenvalue weighted by Gasteiger charge is 2.15. The molecule has 0 aliphatic heterocycles. The minimum atomic E-state index is -0.427. The zero-order valence-corrected chi connectivity index (χ0v) is 12.7. The van der Waals surface area contributed by atoms with Gasteiger partial charge in [-0.2, -0.15) is 15.0 Å². The molecular weight excluding hydrogens is 264 g/mol. The number of rotatable bonds is 8. The summed E-state index contributed by atoms with van der Waals surface area (Å²) >= 11 is 1.41. The SMILES string of the molecule is CCCOc1nc(NCC)nc(SC(C)C(C)O)n1. The molecule has 1 aromatic rings. The maximum Gasteiger partial charge on any atom is 0.322 e. The number of aliphatic hydroxyl groups is 1. The fraction of sp³-hybridized carbons (Fsp3) is 0.750. The first-order chi connectivity index (χ1) is 9.06. The van der Waals surface area contributed by atoms with Gasteiger partial charge < -0.3 is 15.2 Å². The van der Waals surface area contributed by atoms with Crippen molar-refractivity contribution in [3.05, 3.63) is 0 Å². The Morgan fingerprint density at radius 1 is 1.26 bits per heavy atom. The predicted molar refractivity (Wildman–Crippen MR) is 76.8 cm³/mol. The average Bonchev–Trinajstić information content (AvgIpc) is 2.36. The Bertz CT molecular complexity index is 390. The lowest BCUT2D eigenvalue weighted by Gasteiger charge is -2.14. The molecule has 108 valence electrons. The molecule has 2 N–H and O–H groups in total. The number of anilines is 1. The summed E-state index contributed by atoms with van der Waals surface area (Å²) in [6, 6.07) is 0.327. The minimum absolute atomic E-state index is 0.0101. The van der Waals surface area contributed by atoms with Crippen molar-refractivity contribution in [3.8, 4) is 6.01 Å². The van der Waals surface area contributed by atoms with E-state index in [1.54, 1.807) is 6.92 Å². The molecule has 7 heteroatoms. The van der Waals surface area contributed by atoms with Crippen LogP contribution in [-0.4, -0.2) is 44.6 Å². The van der Waals surface area contributed by atoms with Gasteiger partial charge in [-0.25, -0.2) is 0 Å². The molecule has 19 heavy (non-hydrogen) atoms. The summed E-state index contributed by atoms with van der Waals surface area (Å²) in [6.07, 6.45) is 0.471. The lowest BCUT2D eigenvalue weighted by molar-refractivity contribution is 0.196. The van der Waals surface area contributed by atoms with Gasteiger partial charge in [0.1, 0.15) is 0 Å². The first-order valence-corrected chi connectivity index (χ1v) is 7.42. The number of aromatic nitrogens is 3. The minimum Gasteiger partial charge on any atom is -0.463 e. The van der Waals surface area contributed by atoms with Crippen LogP contribution < -0.4 is 10.1 Å².